The summed E-state index contributed by atoms with van der Waals surface area (Å²) >= 11 is 3.46. The predicted molar refractivity (Wildman–Crippen MR) is 72.9 cm³/mol. The lowest BCUT2D eigenvalue weighted by Crippen LogP contribution is -2.02. The maximum Gasteiger partial charge on any atom is 0.140 e. The summed E-state index contributed by atoms with van der Waals surface area (Å²) < 4.78 is 11.7. The number of hydrogen-bond acceptors (Lipinski definition) is 3. The van der Waals surface area contributed by atoms with Crippen LogP contribution < -0.4 is 4.74 Å². The van der Waals surface area contributed by atoms with Crippen LogP contribution in [0.1, 0.15) is 28.8 Å². The molecule has 96 valence electrons. The van der Waals surface area contributed by atoms with Gasteiger partial charge in [-0.05, 0) is 43.7 Å². The minimum Gasteiger partial charge on any atom is -0.496 e. The molecule has 0 saturated carbocycles. The highest BCUT2D eigenvalue weighted by molar-refractivity contribution is 9.10. The van der Waals surface area contributed by atoms with Crippen molar-refractivity contribution in [3.63, 3.8) is 0 Å². The average molecular weight is 311 g/mol. The van der Waals surface area contributed by atoms with E-state index in [0.717, 1.165) is 15.8 Å². The molecule has 0 fully saturated rings. The lowest BCUT2D eigenvalue weighted by Gasteiger charge is -2.14. The molecule has 1 N–H and O–H groups in total. The van der Waals surface area contributed by atoms with E-state index in [1.165, 1.54) is 0 Å². The summed E-state index contributed by atoms with van der Waals surface area (Å²) in [6.07, 6.45) is -0.828. The molecule has 18 heavy (non-hydrogen) atoms. The van der Waals surface area contributed by atoms with Crippen LogP contribution in [-0.4, -0.2) is 12.2 Å². The molecule has 0 bridgehead atoms. The highest BCUT2D eigenvalue weighted by atomic mass is 79.9. The molecule has 4 heteroatoms. The fourth-order valence-corrected chi connectivity index (χ4v) is 2.18. The van der Waals surface area contributed by atoms with Crippen molar-refractivity contribution in [2.24, 2.45) is 0 Å². The first-order valence-electron chi connectivity index (χ1n) is 5.61. The third-order valence-corrected chi connectivity index (χ3v) is 3.69. The standard InChI is InChI=1S/C14H15BrO3/c1-8-6-13(17-3)10(7-11(8)15)14(16)12-5-4-9(2)18-12/h4-7,14,16H,1-3H3. The number of halogens is 1. The van der Waals surface area contributed by atoms with Gasteiger partial charge in [0, 0.05) is 10.0 Å². The van der Waals surface area contributed by atoms with Gasteiger partial charge in [0.1, 0.15) is 23.4 Å². The molecule has 1 aromatic carbocycles. The number of aryl methyl sites for hydroxylation is 2. The molecule has 0 saturated heterocycles. The highest BCUT2D eigenvalue weighted by Gasteiger charge is 2.19. The molecule has 0 aliphatic rings. The van der Waals surface area contributed by atoms with E-state index >= 15 is 0 Å². The number of rotatable bonds is 3. The Hall–Kier alpha value is -1.26. The van der Waals surface area contributed by atoms with Gasteiger partial charge in [0.2, 0.25) is 0 Å². The van der Waals surface area contributed by atoms with Gasteiger partial charge in [-0.1, -0.05) is 15.9 Å². The summed E-state index contributed by atoms with van der Waals surface area (Å²) in [6, 6.07) is 7.34. The second-order valence-electron chi connectivity index (χ2n) is 4.19. The van der Waals surface area contributed by atoms with Crippen LogP contribution in [0.2, 0.25) is 0 Å². The van der Waals surface area contributed by atoms with Crippen LogP contribution in [0.15, 0.2) is 33.2 Å². The normalized spacial score (nSPS) is 12.5. The van der Waals surface area contributed by atoms with E-state index in [-0.39, 0.29) is 0 Å². The molecular weight excluding hydrogens is 296 g/mol. The fourth-order valence-electron chi connectivity index (χ4n) is 1.81. The number of aliphatic hydroxyl groups excluding tert-OH is 1. The smallest absolute Gasteiger partial charge is 0.140 e. The summed E-state index contributed by atoms with van der Waals surface area (Å²) in [5, 5.41) is 10.3. The molecule has 2 rings (SSSR count). The fraction of sp³-hybridized carbons (Fsp3) is 0.286. The van der Waals surface area contributed by atoms with Gasteiger partial charge in [-0.3, -0.25) is 0 Å². The van der Waals surface area contributed by atoms with E-state index in [2.05, 4.69) is 15.9 Å². The lowest BCUT2D eigenvalue weighted by atomic mass is 10.0. The molecule has 0 aliphatic carbocycles. The maximum absolute atomic E-state index is 10.3. The molecule has 2 aromatic rings. The van der Waals surface area contributed by atoms with E-state index < -0.39 is 6.10 Å². The summed E-state index contributed by atoms with van der Waals surface area (Å²) in [6.45, 7) is 3.82. The molecule has 1 heterocycles. The molecule has 1 unspecified atom stereocenters. The largest absolute Gasteiger partial charge is 0.496 e. The molecular formula is C14H15BrO3. The van der Waals surface area contributed by atoms with Crippen molar-refractivity contribution in [2.45, 2.75) is 20.0 Å². The third kappa shape index (κ3) is 2.44. The van der Waals surface area contributed by atoms with E-state index in [9.17, 15) is 5.11 Å². The van der Waals surface area contributed by atoms with Crippen molar-refractivity contribution in [2.75, 3.05) is 7.11 Å². The number of aliphatic hydroxyl groups is 1. The Morgan fingerprint density at radius 2 is 2.00 bits per heavy atom. The molecule has 0 radical (unpaired) electrons. The van der Waals surface area contributed by atoms with E-state index in [1.54, 1.807) is 13.2 Å². The van der Waals surface area contributed by atoms with Gasteiger partial charge in [0.25, 0.3) is 0 Å². The minimum absolute atomic E-state index is 0.515. The number of hydrogen-bond donors (Lipinski definition) is 1. The zero-order valence-electron chi connectivity index (χ0n) is 10.5. The first kappa shape index (κ1) is 13.2. The zero-order chi connectivity index (χ0) is 13.3. The first-order valence-corrected chi connectivity index (χ1v) is 6.40. The molecule has 1 aromatic heterocycles. The van der Waals surface area contributed by atoms with Crippen LogP contribution in [0.5, 0.6) is 5.75 Å². The quantitative estimate of drug-likeness (QED) is 0.939. The monoisotopic (exact) mass is 310 g/mol. The van der Waals surface area contributed by atoms with E-state index in [4.69, 9.17) is 9.15 Å². The van der Waals surface area contributed by atoms with Gasteiger partial charge >= 0.3 is 0 Å². The maximum atomic E-state index is 10.3. The average Bonchev–Trinajstić information content (AvgIpc) is 2.78. The van der Waals surface area contributed by atoms with Crippen LogP contribution in [-0.2, 0) is 0 Å². The Morgan fingerprint density at radius 3 is 2.56 bits per heavy atom. The summed E-state index contributed by atoms with van der Waals surface area (Å²) in [5.41, 5.74) is 1.74. The van der Waals surface area contributed by atoms with E-state index in [0.29, 0.717) is 17.1 Å². The van der Waals surface area contributed by atoms with Crippen LogP contribution in [0.3, 0.4) is 0 Å². The van der Waals surface area contributed by atoms with Gasteiger partial charge in [0.05, 0.1) is 7.11 Å². The van der Waals surface area contributed by atoms with Crippen molar-refractivity contribution in [1.82, 2.24) is 0 Å². The summed E-state index contributed by atoms with van der Waals surface area (Å²) in [5.74, 6) is 1.94. The van der Waals surface area contributed by atoms with Gasteiger partial charge in [-0.25, -0.2) is 0 Å². The molecule has 0 amide bonds. The molecule has 0 spiro atoms. The Bertz CT molecular complexity index is 560. The molecule has 1 atom stereocenters. The second-order valence-corrected chi connectivity index (χ2v) is 5.05. The Balaban J connectivity index is 2.46. The van der Waals surface area contributed by atoms with Crippen molar-refractivity contribution >= 4 is 15.9 Å². The van der Waals surface area contributed by atoms with Crippen LogP contribution in [0, 0.1) is 13.8 Å². The Labute approximate surface area is 115 Å². The summed E-state index contributed by atoms with van der Waals surface area (Å²) in [4.78, 5) is 0. The Kier molecular flexibility index (Phi) is 3.78. The van der Waals surface area contributed by atoms with Crippen molar-refractivity contribution in [3.05, 3.63) is 51.4 Å². The van der Waals surface area contributed by atoms with Crippen molar-refractivity contribution in [3.8, 4) is 5.75 Å². The van der Waals surface area contributed by atoms with Gasteiger partial charge in [0.15, 0.2) is 0 Å². The first-order chi connectivity index (χ1) is 8.52. The minimum atomic E-state index is -0.828. The predicted octanol–water partition coefficient (Wildman–Crippen LogP) is 3.75. The number of ether oxygens (including phenoxy) is 1. The van der Waals surface area contributed by atoms with Crippen molar-refractivity contribution in [1.29, 1.82) is 0 Å². The van der Waals surface area contributed by atoms with Gasteiger partial charge in [-0.2, -0.15) is 0 Å². The lowest BCUT2D eigenvalue weighted by molar-refractivity contribution is 0.183. The molecule has 0 aliphatic heterocycles. The van der Waals surface area contributed by atoms with E-state index in [1.807, 2.05) is 32.0 Å². The summed E-state index contributed by atoms with van der Waals surface area (Å²) in [7, 11) is 1.59. The SMILES string of the molecule is COc1cc(C)c(Br)cc1C(O)c1ccc(C)o1. The van der Waals surface area contributed by atoms with Crippen molar-refractivity contribution < 1.29 is 14.3 Å². The number of methoxy groups -OCH3 is 1. The number of benzene rings is 1. The molecule has 3 nitrogen and oxygen atoms in total. The van der Waals surface area contributed by atoms with Crippen LogP contribution in [0.4, 0.5) is 0 Å². The van der Waals surface area contributed by atoms with Crippen LogP contribution in [0.25, 0.3) is 0 Å². The van der Waals surface area contributed by atoms with Crippen LogP contribution >= 0.6 is 15.9 Å². The third-order valence-electron chi connectivity index (χ3n) is 2.84. The number of furan rings is 1. The second kappa shape index (κ2) is 5.16. The Morgan fingerprint density at radius 1 is 1.28 bits per heavy atom. The van der Waals surface area contributed by atoms with Gasteiger partial charge < -0.3 is 14.3 Å². The van der Waals surface area contributed by atoms with Gasteiger partial charge in [-0.15, -0.1) is 0 Å². The highest BCUT2D eigenvalue weighted by Crippen LogP contribution is 2.34. The zero-order valence-corrected chi connectivity index (χ0v) is 12.1. The topological polar surface area (TPSA) is 42.6 Å².